The second-order valence-electron chi connectivity index (χ2n) is 5.96. The normalized spacial score (nSPS) is 13.0. The van der Waals surface area contributed by atoms with Crippen molar-refractivity contribution in [2.45, 2.75) is 45.9 Å². The van der Waals surface area contributed by atoms with Crippen molar-refractivity contribution in [3.8, 4) is 0 Å². The van der Waals surface area contributed by atoms with Gasteiger partial charge >= 0.3 is 0 Å². The van der Waals surface area contributed by atoms with Crippen molar-refractivity contribution in [3.05, 3.63) is 57.8 Å². The van der Waals surface area contributed by atoms with Crippen LogP contribution in [0.15, 0.2) is 41.8 Å². The first-order chi connectivity index (χ1) is 10.1. The minimum atomic E-state index is 0.461. The highest BCUT2D eigenvalue weighted by Gasteiger charge is 2.12. The van der Waals surface area contributed by atoms with Crippen LogP contribution in [-0.4, -0.2) is 18.0 Å². The van der Waals surface area contributed by atoms with Crippen LogP contribution < -0.4 is 5.32 Å². The Hall–Kier alpha value is -1.16. The van der Waals surface area contributed by atoms with Crippen molar-refractivity contribution in [1.82, 2.24) is 10.2 Å². The zero-order valence-corrected chi connectivity index (χ0v) is 14.3. The summed E-state index contributed by atoms with van der Waals surface area (Å²) in [6.07, 6.45) is 0. The van der Waals surface area contributed by atoms with Crippen LogP contribution in [0.25, 0.3) is 0 Å². The van der Waals surface area contributed by atoms with Crippen LogP contribution in [0.4, 0.5) is 0 Å². The second-order valence-corrected chi connectivity index (χ2v) is 6.94. The van der Waals surface area contributed by atoms with Crippen LogP contribution in [0, 0.1) is 0 Å². The highest BCUT2D eigenvalue weighted by Crippen LogP contribution is 2.24. The molecule has 3 heteroatoms. The van der Waals surface area contributed by atoms with Gasteiger partial charge in [0.1, 0.15) is 0 Å². The standard InChI is InChI=1S/C18H26N2S/c1-14(2)19-12-16-7-5-8-17(11-16)13-20(4)15(3)18-9-6-10-21-18/h5-11,14-15,19H,12-13H2,1-4H3. The first-order valence-electron chi connectivity index (χ1n) is 7.61. The van der Waals surface area contributed by atoms with Crippen molar-refractivity contribution < 1.29 is 0 Å². The molecule has 0 saturated carbocycles. The summed E-state index contributed by atoms with van der Waals surface area (Å²) in [7, 11) is 2.20. The van der Waals surface area contributed by atoms with Crippen LogP contribution in [0.2, 0.25) is 0 Å². The number of hydrogen-bond donors (Lipinski definition) is 1. The predicted molar refractivity (Wildman–Crippen MR) is 92.6 cm³/mol. The largest absolute Gasteiger partial charge is 0.310 e. The molecule has 0 aliphatic rings. The lowest BCUT2D eigenvalue weighted by Crippen LogP contribution is -2.23. The molecule has 0 fully saturated rings. The lowest BCUT2D eigenvalue weighted by atomic mass is 10.1. The van der Waals surface area contributed by atoms with Crippen molar-refractivity contribution in [3.63, 3.8) is 0 Å². The lowest BCUT2D eigenvalue weighted by Gasteiger charge is -2.24. The van der Waals surface area contributed by atoms with Crippen LogP contribution in [0.1, 0.15) is 42.8 Å². The van der Waals surface area contributed by atoms with Gasteiger partial charge in [-0.3, -0.25) is 4.90 Å². The minimum absolute atomic E-state index is 0.461. The summed E-state index contributed by atoms with van der Waals surface area (Å²) >= 11 is 1.83. The van der Waals surface area contributed by atoms with E-state index in [1.54, 1.807) is 0 Å². The Labute approximate surface area is 132 Å². The highest BCUT2D eigenvalue weighted by molar-refractivity contribution is 7.10. The molecule has 1 aromatic carbocycles. The van der Waals surface area contributed by atoms with Crippen LogP contribution in [0.5, 0.6) is 0 Å². The maximum Gasteiger partial charge on any atom is 0.0413 e. The summed E-state index contributed by atoms with van der Waals surface area (Å²) in [5.74, 6) is 0. The predicted octanol–water partition coefficient (Wildman–Crippen LogP) is 4.44. The fourth-order valence-electron chi connectivity index (χ4n) is 2.33. The molecule has 1 heterocycles. The zero-order chi connectivity index (χ0) is 15.2. The molecule has 1 N–H and O–H groups in total. The lowest BCUT2D eigenvalue weighted by molar-refractivity contribution is 0.256. The maximum atomic E-state index is 3.48. The number of benzene rings is 1. The Kier molecular flexibility index (Phi) is 5.97. The third-order valence-corrected chi connectivity index (χ3v) is 4.80. The Balaban J connectivity index is 1.97. The van der Waals surface area contributed by atoms with Gasteiger partial charge in [-0.25, -0.2) is 0 Å². The molecular formula is C18H26N2S. The van der Waals surface area contributed by atoms with E-state index in [2.05, 4.69) is 79.8 Å². The molecule has 0 radical (unpaired) electrons. The molecule has 2 aromatic rings. The van der Waals surface area contributed by atoms with E-state index < -0.39 is 0 Å². The summed E-state index contributed by atoms with van der Waals surface area (Å²) in [4.78, 5) is 3.83. The average molecular weight is 302 g/mol. The van der Waals surface area contributed by atoms with Crippen molar-refractivity contribution in [2.24, 2.45) is 0 Å². The minimum Gasteiger partial charge on any atom is -0.310 e. The third-order valence-electron chi connectivity index (χ3n) is 3.75. The van der Waals surface area contributed by atoms with Crippen molar-refractivity contribution >= 4 is 11.3 Å². The molecule has 114 valence electrons. The van der Waals surface area contributed by atoms with Gasteiger partial charge in [-0.2, -0.15) is 0 Å². The topological polar surface area (TPSA) is 15.3 Å². The van der Waals surface area contributed by atoms with E-state index in [9.17, 15) is 0 Å². The molecule has 0 saturated heterocycles. The zero-order valence-electron chi connectivity index (χ0n) is 13.5. The van der Waals surface area contributed by atoms with Gasteiger partial charge in [0.2, 0.25) is 0 Å². The summed E-state index contributed by atoms with van der Waals surface area (Å²) < 4.78 is 0. The molecule has 1 aromatic heterocycles. The van der Waals surface area contributed by atoms with Gasteiger partial charge < -0.3 is 5.32 Å². The molecule has 21 heavy (non-hydrogen) atoms. The van der Waals surface area contributed by atoms with Gasteiger partial charge in [-0.15, -0.1) is 11.3 Å². The quantitative estimate of drug-likeness (QED) is 0.813. The molecule has 0 spiro atoms. The first-order valence-corrected chi connectivity index (χ1v) is 8.49. The fraction of sp³-hybridized carbons (Fsp3) is 0.444. The summed E-state index contributed by atoms with van der Waals surface area (Å²) in [5.41, 5.74) is 2.74. The van der Waals surface area contributed by atoms with Gasteiger partial charge in [0.05, 0.1) is 0 Å². The molecule has 1 unspecified atom stereocenters. The third kappa shape index (κ3) is 4.95. The van der Waals surface area contributed by atoms with Gasteiger partial charge in [0, 0.05) is 30.1 Å². The number of nitrogens with zero attached hydrogens (tertiary/aromatic N) is 1. The van der Waals surface area contributed by atoms with Crippen LogP contribution in [-0.2, 0) is 13.1 Å². The number of thiophene rings is 1. The average Bonchev–Trinajstić information content (AvgIpc) is 2.98. The number of hydrogen-bond acceptors (Lipinski definition) is 3. The van der Waals surface area contributed by atoms with Crippen LogP contribution >= 0.6 is 11.3 Å². The van der Waals surface area contributed by atoms with Gasteiger partial charge in [0.15, 0.2) is 0 Å². The molecule has 2 rings (SSSR count). The first kappa shape index (κ1) is 16.2. The number of nitrogens with one attached hydrogen (secondary N) is 1. The Morgan fingerprint density at radius 3 is 2.52 bits per heavy atom. The van der Waals surface area contributed by atoms with E-state index in [0.717, 1.165) is 13.1 Å². The highest BCUT2D eigenvalue weighted by atomic mass is 32.1. The van der Waals surface area contributed by atoms with E-state index in [4.69, 9.17) is 0 Å². The Bertz CT molecular complexity index is 534. The molecule has 0 aliphatic heterocycles. The summed E-state index contributed by atoms with van der Waals surface area (Å²) in [5, 5.41) is 5.63. The monoisotopic (exact) mass is 302 g/mol. The summed E-state index contributed by atoms with van der Waals surface area (Å²) in [6, 6.07) is 14.2. The van der Waals surface area contributed by atoms with E-state index in [1.165, 1.54) is 16.0 Å². The van der Waals surface area contributed by atoms with Crippen molar-refractivity contribution in [1.29, 1.82) is 0 Å². The Morgan fingerprint density at radius 1 is 1.10 bits per heavy atom. The maximum absolute atomic E-state index is 3.48. The van der Waals surface area contributed by atoms with E-state index >= 15 is 0 Å². The van der Waals surface area contributed by atoms with Gasteiger partial charge in [-0.05, 0) is 36.5 Å². The molecule has 0 amide bonds. The smallest absolute Gasteiger partial charge is 0.0413 e. The SMILES string of the molecule is CC(C)NCc1cccc(CN(C)C(C)c2cccs2)c1. The van der Waals surface area contributed by atoms with E-state index in [0.29, 0.717) is 12.1 Å². The molecule has 0 bridgehead atoms. The summed E-state index contributed by atoms with van der Waals surface area (Å²) in [6.45, 7) is 8.56. The second kappa shape index (κ2) is 7.74. The van der Waals surface area contributed by atoms with Gasteiger partial charge in [0.25, 0.3) is 0 Å². The van der Waals surface area contributed by atoms with E-state index in [-0.39, 0.29) is 0 Å². The Morgan fingerprint density at radius 2 is 1.86 bits per heavy atom. The van der Waals surface area contributed by atoms with E-state index in [1.807, 2.05) is 11.3 Å². The fourth-order valence-corrected chi connectivity index (χ4v) is 3.18. The molecule has 0 aliphatic carbocycles. The number of rotatable bonds is 7. The van der Waals surface area contributed by atoms with Crippen molar-refractivity contribution in [2.75, 3.05) is 7.05 Å². The molecular weight excluding hydrogens is 276 g/mol. The van der Waals surface area contributed by atoms with Crippen LogP contribution in [0.3, 0.4) is 0 Å². The molecule has 1 atom stereocenters. The van der Waals surface area contributed by atoms with Gasteiger partial charge in [-0.1, -0.05) is 44.2 Å². The molecule has 2 nitrogen and oxygen atoms in total.